The van der Waals surface area contributed by atoms with Crippen LogP contribution in [0, 0.1) is 11.7 Å². The summed E-state index contributed by atoms with van der Waals surface area (Å²) in [6.07, 6.45) is 4.82. The number of halogens is 2. The molecular formula is C15H16BrFO2. The SMILES string of the molecule is O=C(c1cc(F)ccc1Br)C1CCOC2(CCC2)C1. The minimum Gasteiger partial charge on any atom is -0.375 e. The Morgan fingerprint density at radius 2 is 2.21 bits per heavy atom. The van der Waals surface area contributed by atoms with E-state index in [9.17, 15) is 9.18 Å². The van der Waals surface area contributed by atoms with Gasteiger partial charge in [-0.25, -0.2) is 4.39 Å². The normalized spacial score (nSPS) is 25.1. The summed E-state index contributed by atoms with van der Waals surface area (Å²) in [6.45, 7) is 0.642. The Kier molecular flexibility index (Phi) is 3.48. The number of carbonyl (C=O) groups excluding carboxylic acids is 1. The first-order valence-corrected chi connectivity index (χ1v) is 7.52. The van der Waals surface area contributed by atoms with Crippen LogP contribution in [0.1, 0.15) is 42.5 Å². The van der Waals surface area contributed by atoms with Gasteiger partial charge in [-0.2, -0.15) is 0 Å². The number of rotatable bonds is 2. The summed E-state index contributed by atoms with van der Waals surface area (Å²) in [5.74, 6) is -0.356. The van der Waals surface area contributed by atoms with Crippen molar-refractivity contribution in [3.05, 3.63) is 34.1 Å². The molecule has 0 amide bonds. The van der Waals surface area contributed by atoms with Crippen LogP contribution in [0.15, 0.2) is 22.7 Å². The van der Waals surface area contributed by atoms with Gasteiger partial charge in [-0.1, -0.05) is 15.9 Å². The summed E-state index contributed by atoms with van der Waals surface area (Å²) in [6, 6.07) is 4.29. The molecule has 0 bridgehead atoms. The number of hydrogen-bond acceptors (Lipinski definition) is 2. The Bertz CT molecular complexity index is 511. The minimum absolute atomic E-state index is 0.0350. The third-order valence-corrected chi connectivity index (χ3v) is 5.01. The Morgan fingerprint density at radius 3 is 2.89 bits per heavy atom. The topological polar surface area (TPSA) is 26.3 Å². The number of ketones is 1. The molecule has 1 aliphatic carbocycles. The van der Waals surface area contributed by atoms with Crippen LogP contribution in [0.2, 0.25) is 0 Å². The zero-order valence-electron chi connectivity index (χ0n) is 10.6. The fourth-order valence-electron chi connectivity index (χ4n) is 3.08. The predicted octanol–water partition coefficient (Wildman–Crippen LogP) is 4.12. The highest BCUT2D eigenvalue weighted by Gasteiger charge is 2.44. The van der Waals surface area contributed by atoms with Gasteiger partial charge in [0.25, 0.3) is 0 Å². The van der Waals surface area contributed by atoms with E-state index in [2.05, 4.69) is 15.9 Å². The molecule has 0 radical (unpaired) electrons. The van der Waals surface area contributed by atoms with E-state index in [0.717, 1.165) is 25.7 Å². The van der Waals surface area contributed by atoms with Crippen LogP contribution < -0.4 is 0 Å². The first kappa shape index (κ1) is 13.3. The lowest BCUT2D eigenvalue weighted by Gasteiger charge is -2.46. The Morgan fingerprint density at radius 1 is 1.42 bits per heavy atom. The quantitative estimate of drug-likeness (QED) is 0.764. The van der Waals surface area contributed by atoms with E-state index < -0.39 is 0 Å². The number of ether oxygens (including phenoxy) is 1. The standard InChI is InChI=1S/C15H16BrFO2/c16-13-3-2-11(17)8-12(13)14(18)10-4-7-19-15(9-10)5-1-6-15/h2-3,8,10H,1,4-7,9H2. The summed E-state index contributed by atoms with van der Waals surface area (Å²) < 4.78 is 19.8. The molecule has 1 heterocycles. The third-order valence-electron chi connectivity index (χ3n) is 4.32. The van der Waals surface area contributed by atoms with Crippen molar-refractivity contribution < 1.29 is 13.9 Å². The molecule has 1 saturated carbocycles. The van der Waals surface area contributed by atoms with Gasteiger partial charge in [0.2, 0.25) is 0 Å². The number of benzene rings is 1. The van der Waals surface area contributed by atoms with Crippen LogP contribution in [-0.4, -0.2) is 18.0 Å². The Labute approximate surface area is 120 Å². The van der Waals surface area contributed by atoms with Gasteiger partial charge in [-0.3, -0.25) is 4.79 Å². The van der Waals surface area contributed by atoms with E-state index in [0.29, 0.717) is 16.6 Å². The smallest absolute Gasteiger partial charge is 0.167 e. The van der Waals surface area contributed by atoms with Gasteiger partial charge in [-0.15, -0.1) is 0 Å². The molecule has 3 rings (SSSR count). The molecule has 1 aromatic carbocycles. The molecule has 1 saturated heterocycles. The van der Waals surface area contributed by atoms with Gasteiger partial charge in [0.05, 0.1) is 5.60 Å². The van der Waals surface area contributed by atoms with Crippen molar-refractivity contribution in [1.29, 1.82) is 0 Å². The fourth-order valence-corrected chi connectivity index (χ4v) is 3.52. The van der Waals surface area contributed by atoms with Gasteiger partial charge in [-0.05, 0) is 50.3 Å². The molecule has 2 aliphatic rings. The van der Waals surface area contributed by atoms with Crippen LogP contribution in [0.3, 0.4) is 0 Å². The largest absolute Gasteiger partial charge is 0.375 e. The molecule has 0 N–H and O–H groups in total. The van der Waals surface area contributed by atoms with Crippen LogP contribution in [-0.2, 0) is 4.74 Å². The van der Waals surface area contributed by atoms with Crippen molar-refractivity contribution in [3.63, 3.8) is 0 Å². The molecule has 1 spiro atoms. The number of carbonyl (C=O) groups is 1. The van der Waals surface area contributed by atoms with Crippen molar-refractivity contribution in [2.24, 2.45) is 5.92 Å². The van der Waals surface area contributed by atoms with Crippen molar-refractivity contribution in [1.82, 2.24) is 0 Å². The van der Waals surface area contributed by atoms with E-state index in [1.54, 1.807) is 6.07 Å². The zero-order valence-corrected chi connectivity index (χ0v) is 12.2. The van der Waals surface area contributed by atoms with E-state index >= 15 is 0 Å². The molecule has 4 heteroatoms. The summed E-state index contributed by atoms with van der Waals surface area (Å²) in [4.78, 5) is 12.5. The lowest BCUT2D eigenvalue weighted by Crippen LogP contribution is -2.47. The Hall–Kier alpha value is -0.740. The zero-order chi connectivity index (χ0) is 13.5. The van der Waals surface area contributed by atoms with Gasteiger partial charge in [0, 0.05) is 22.6 Å². The van der Waals surface area contributed by atoms with E-state index in [4.69, 9.17) is 4.74 Å². The van der Waals surface area contributed by atoms with Crippen LogP contribution >= 0.6 is 15.9 Å². The first-order valence-electron chi connectivity index (χ1n) is 6.73. The first-order chi connectivity index (χ1) is 9.10. The summed E-state index contributed by atoms with van der Waals surface area (Å²) in [5, 5.41) is 0. The van der Waals surface area contributed by atoms with E-state index in [1.807, 2.05) is 0 Å². The molecule has 2 fully saturated rings. The number of hydrogen-bond donors (Lipinski definition) is 0. The van der Waals surface area contributed by atoms with E-state index in [-0.39, 0.29) is 23.1 Å². The average Bonchev–Trinajstić information content (AvgIpc) is 2.39. The third kappa shape index (κ3) is 2.48. The average molecular weight is 327 g/mol. The minimum atomic E-state index is -0.364. The summed E-state index contributed by atoms with van der Waals surface area (Å²) >= 11 is 3.34. The van der Waals surface area contributed by atoms with Crippen molar-refractivity contribution in [2.45, 2.75) is 37.7 Å². The molecule has 1 unspecified atom stereocenters. The highest BCUT2D eigenvalue weighted by atomic mass is 79.9. The van der Waals surface area contributed by atoms with Crippen molar-refractivity contribution in [2.75, 3.05) is 6.61 Å². The second-order valence-corrected chi connectivity index (χ2v) is 6.42. The maximum absolute atomic E-state index is 13.3. The summed E-state index contributed by atoms with van der Waals surface area (Å²) in [5.41, 5.74) is 0.402. The molecule has 1 aliphatic heterocycles. The molecular weight excluding hydrogens is 311 g/mol. The van der Waals surface area contributed by atoms with Gasteiger partial charge < -0.3 is 4.74 Å². The van der Waals surface area contributed by atoms with Crippen molar-refractivity contribution >= 4 is 21.7 Å². The van der Waals surface area contributed by atoms with Crippen LogP contribution in [0.4, 0.5) is 4.39 Å². The second-order valence-electron chi connectivity index (χ2n) is 5.56. The highest BCUT2D eigenvalue weighted by molar-refractivity contribution is 9.10. The molecule has 2 nitrogen and oxygen atoms in total. The molecule has 102 valence electrons. The maximum Gasteiger partial charge on any atom is 0.167 e. The predicted molar refractivity (Wildman–Crippen MR) is 73.7 cm³/mol. The fraction of sp³-hybridized carbons (Fsp3) is 0.533. The van der Waals surface area contributed by atoms with Gasteiger partial charge >= 0.3 is 0 Å². The maximum atomic E-state index is 13.3. The second kappa shape index (κ2) is 4.98. The van der Waals surface area contributed by atoms with Crippen molar-refractivity contribution in [3.8, 4) is 0 Å². The molecule has 0 aromatic heterocycles. The van der Waals surface area contributed by atoms with Gasteiger partial charge in [0.1, 0.15) is 5.82 Å². The molecule has 1 atom stereocenters. The lowest BCUT2D eigenvalue weighted by molar-refractivity contribution is -0.137. The Balaban J connectivity index is 1.81. The van der Waals surface area contributed by atoms with Crippen LogP contribution in [0.5, 0.6) is 0 Å². The lowest BCUT2D eigenvalue weighted by atomic mass is 9.70. The monoisotopic (exact) mass is 326 g/mol. The number of Topliss-reactive ketones (excluding diaryl/α,β-unsaturated/α-hetero) is 1. The molecule has 1 aromatic rings. The molecule has 19 heavy (non-hydrogen) atoms. The van der Waals surface area contributed by atoms with E-state index in [1.165, 1.54) is 18.6 Å². The van der Waals surface area contributed by atoms with Crippen LogP contribution in [0.25, 0.3) is 0 Å². The van der Waals surface area contributed by atoms with Gasteiger partial charge in [0.15, 0.2) is 5.78 Å². The highest BCUT2D eigenvalue weighted by Crippen LogP contribution is 2.45. The summed E-state index contributed by atoms with van der Waals surface area (Å²) in [7, 11) is 0.